The van der Waals surface area contributed by atoms with E-state index < -0.39 is 80.8 Å². The molecule has 5 atom stereocenters. The van der Waals surface area contributed by atoms with Crippen molar-refractivity contribution in [3.63, 3.8) is 0 Å². The summed E-state index contributed by atoms with van der Waals surface area (Å²) in [7, 11) is -3.93. The molecule has 4 bridgehead atoms. The number of alkyl halides is 3. The van der Waals surface area contributed by atoms with Gasteiger partial charge in [0.25, 0.3) is 5.91 Å². The molecule has 13 nitrogen and oxygen atoms in total. The molecule has 0 spiro atoms. The van der Waals surface area contributed by atoms with E-state index in [2.05, 4.69) is 26.7 Å². The molecule has 0 aromatic heterocycles. The first-order chi connectivity index (χ1) is 24.1. The van der Waals surface area contributed by atoms with Gasteiger partial charge in [0, 0.05) is 18.9 Å². The number of nitrogens with one attached hydrogen (secondary N) is 3. The summed E-state index contributed by atoms with van der Waals surface area (Å²) in [6.07, 6.45) is 1.43. The number of sulfonamides is 1. The molecule has 2 heterocycles. The van der Waals surface area contributed by atoms with Gasteiger partial charge < -0.3 is 29.7 Å². The zero-order valence-corrected chi connectivity index (χ0v) is 29.0. The number of hydrogen-bond donors (Lipinski definition) is 3. The largest absolute Gasteiger partial charge is 0.573 e. The number of unbranched alkanes of at least 4 members (excludes halogenated alkanes) is 1. The van der Waals surface area contributed by atoms with Gasteiger partial charge in [0.05, 0.1) is 24.6 Å². The van der Waals surface area contributed by atoms with Crippen LogP contribution in [-0.4, -0.2) is 85.6 Å². The second-order valence-electron chi connectivity index (χ2n) is 13.3. The Hall–Kier alpha value is -4.12. The van der Waals surface area contributed by atoms with Crippen molar-refractivity contribution >= 4 is 39.9 Å². The molecule has 2 saturated carbocycles. The van der Waals surface area contributed by atoms with Crippen LogP contribution in [0.25, 0.3) is 6.08 Å². The van der Waals surface area contributed by atoms with Crippen LogP contribution in [0, 0.1) is 5.92 Å². The topological polar surface area (TPSA) is 169 Å². The minimum Gasteiger partial charge on any atom is -0.450 e. The Balaban J connectivity index is 1.42. The van der Waals surface area contributed by atoms with Gasteiger partial charge in [0.2, 0.25) is 21.8 Å². The summed E-state index contributed by atoms with van der Waals surface area (Å²) in [6.45, 7) is 5.31. The number of halogens is 3. The molecule has 4 amide bonds. The third-order valence-electron chi connectivity index (χ3n) is 9.30. The summed E-state index contributed by atoms with van der Waals surface area (Å²) in [6, 6.07) is 1.76. The molecule has 4 aliphatic rings. The van der Waals surface area contributed by atoms with Crippen molar-refractivity contribution in [1.82, 2.24) is 20.3 Å². The van der Waals surface area contributed by atoms with E-state index in [0.29, 0.717) is 49.7 Å². The van der Waals surface area contributed by atoms with Gasteiger partial charge >= 0.3 is 12.5 Å². The van der Waals surface area contributed by atoms with Gasteiger partial charge in [0.1, 0.15) is 23.4 Å². The fourth-order valence-corrected chi connectivity index (χ4v) is 7.70. The number of cyclic esters (lactones) is 1. The van der Waals surface area contributed by atoms with Crippen molar-refractivity contribution in [1.29, 1.82) is 0 Å². The van der Waals surface area contributed by atoms with E-state index in [-0.39, 0.29) is 39.0 Å². The second-order valence-corrected chi connectivity index (χ2v) is 15.3. The first-order valence-corrected chi connectivity index (χ1v) is 18.6. The summed E-state index contributed by atoms with van der Waals surface area (Å²) < 4.78 is 82.2. The van der Waals surface area contributed by atoms with Gasteiger partial charge in [-0.3, -0.25) is 19.1 Å². The maximum Gasteiger partial charge on any atom is 0.573 e. The molecular weight excluding hydrogens is 697 g/mol. The SMILES string of the molecule is C=C[C@@H]1C[C@]1(NC(=O)[C@@H]1C[C@@H]2CN1C(=O)[C@H](CCCC)NC(=O)OCCC/C=C/c1cc(cc(OC(F)(F)F)c1)CO2)C(=O)NS(=O)(=O)C1CC1. The highest BCUT2D eigenvalue weighted by molar-refractivity contribution is 7.91. The zero-order valence-electron chi connectivity index (χ0n) is 28.2. The van der Waals surface area contributed by atoms with Gasteiger partial charge in [-0.05, 0) is 67.9 Å². The molecule has 2 aliphatic carbocycles. The van der Waals surface area contributed by atoms with Crippen molar-refractivity contribution in [3.8, 4) is 5.75 Å². The van der Waals surface area contributed by atoms with E-state index in [4.69, 9.17) is 9.47 Å². The number of carbonyl (C=O) groups excluding carboxylic acids is 4. The van der Waals surface area contributed by atoms with Crippen LogP contribution in [0.1, 0.15) is 75.8 Å². The number of allylic oxidation sites excluding steroid dienone is 1. The van der Waals surface area contributed by atoms with Gasteiger partial charge in [0.15, 0.2) is 0 Å². The third kappa shape index (κ3) is 9.81. The summed E-state index contributed by atoms with van der Waals surface area (Å²) in [4.78, 5) is 55.5. The van der Waals surface area contributed by atoms with E-state index in [1.54, 1.807) is 18.2 Å². The van der Waals surface area contributed by atoms with Crippen molar-refractivity contribution in [3.05, 3.63) is 48.1 Å². The van der Waals surface area contributed by atoms with Crippen molar-refractivity contribution in [2.45, 2.75) is 107 Å². The van der Waals surface area contributed by atoms with Gasteiger partial charge in [-0.2, -0.15) is 0 Å². The average Bonchev–Trinajstić information content (AvgIpc) is 3.98. The van der Waals surface area contributed by atoms with Gasteiger partial charge in [-0.1, -0.05) is 38.0 Å². The van der Waals surface area contributed by atoms with Crippen molar-refractivity contribution in [2.75, 3.05) is 13.2 Å². The van der Waals surface area contributed by atoms with E-state index >= 15 is 0 Å². The first-order valence-electron chi connectivity index (χ1n) is 17.1. The number of fused-ring (bicyclic) bond motifs is 4. The Labute approximate surface area is 294 Å². The number of alkyl carbamates (subject to hydrolysis) is 1. The van der Waals surface area contributed by atoms with E-state index in [1.807, 2.05) is 6.92 Å². The molecule has 0 unspecified atom stereocenters. The molecule has 5 rings (SSSR count). The van der Waals surface area contributed by atoms with E-state index in [9.17, 15) is 40.8 Å². The molecule has 1 aromatic rings. The number of amides is 4. The number of benzene rings is 1. The lowest BCUT2D eigenvalue weighted by molar-refractivity contribution is -0.274. The Morgan fingerprint density at radius 2 is 1.98 bits per heavy atom. The van der Waals surface area contributed by atoms with Crippen LogP contribution in [0.4, 0.5) is 18.0 Å². The summed E-state index contributed by atoms with van der Waals surface area (Å²) >= 11 is 0. The number of carbonyl (C=O) groups is 4. The fraction of sp³-hybridized carbons (Fsp3) is 0.588. The summed E-state index contributed by atoms with van der Waals surface area (Å²) in [5.41, 5.74) is -0.852. The van der Waals surface area contributed by atoms with Crippen LogP contribution >= 0.6 is 0 Å². The highest BCUT2D eigenvalue weighted by Crippen LogP contribution is 2.45. The van der Waals surface area contributed by atoms with Gasteiger partial charge in [-0.25, -0.2) is 13.2 Å². The van der Waals surface area contributed by atoms with Crippen LogP contribution in [0.15, 0.2) is 36.9 Å². The quantitative estimate of drug-likeness (QED) is 0.302. The Kier molecular flexibility index (Phi) is 11.7. The Bertz CT molecular complexity index is 1650. The fourth-order valence-electron chi connectivity index (χ4n) is 6.34. The average molecular weight is 741 g/mol. The zero-order chi connectivity index (χ0) is 37.0. The summed E-state index contributed by atoms with van der Waals surface area (Å²) in [5.74, 6) is -3.26. The molecule has 17 heteroatoms. The van der Waals surface area contributed by atoms with Crippen molar-refractivity contribution < 1.29 is 55.0 Å². The molecule has 51 heavy (non-hydrogen) atoms. The van der Waals surface area contributed by atoms with Crippen LogP contribution in [-0.2, 0) is 40.5 Å². The first kappa shape index (κ1) is 38.1. The normalized spacial score (nSPS) is 28.0. The molecule has 3 N–H and O–H groups in total. The predicted molar refractivity (Wildman–Crippen MR) is 177 cm³/mol. The van der Waals surface area contributed by atoms with Crippen molar-refractivity contribution in [2.24, 2.45) is 5.92 Å². The molecule has 3 fully saturated rings. The molecule has 280 valence electrons. The molecule has 2 aliphatic heterocycles. The molecule has 0 radical (unpaired) electrons. The monoisotopic (exact) mass is 740 g/mol. The van der Waals surface area contributed by atoms with Crippen LogP contribution in [0.5, 0.6) is 5.75 Å². The lowest BCUT2D eigenvalue weighted by Crippen LogP contribution is -2.58. The highest BCUT2D eigenvalue weighted by Gasteiger charge is 2.62. The number of nitrogens with zero attached hydrogens (tertiary/aromatic N) is 1. The predicted octanol–water partition coefficient (Wildman–Crippen LogP) is 3.83. The lowest BCUT2D eigenvalue weighted by atomic mass is 10.1. The minimum atomic E-state index is -4.93. The highest BCUT2D eigenvalue weighted by atomic mass is 32.2. The molecular formula is C34H43F3N4O9S. The second kappa shape index (κ2) is 15.6. The Morgan fingerprint density at radius 3 is 2.65 bits per heavy atom. The smallest absolute Gasteiger partial charge is 0.450 e. The number of ether oxygens (including phenoxy) is 3. The molecule has 1 aromatic carbocycles. The van der Waals surface area contributed by atoms with Crippen LogP contribution in [0.2, 0.25) is 0 Å². The summed E-state index contributed by atoms with van der Waals surface area (Å²) in [5, 5.41) is 4.64. The third-order valence-corrected chi connectivity index (χ3v) is 11.1. The lowest BCUT2D eigenvalue weighted by Gasteiger charge is -2.29. The molecule has 1 saturated heterocycles. The number of rotatable bonds is 10. The maximum atomic E-state index is 14.1. The minimum absolute atomic E-state index is 0.00305. The van der Waals surface area contributed by atoms with E-state index in [0.717, 1.165) is 0 Å². The number of hydrogen-bond acceptors (Lipinski definition) is 9. The maximum absolute atomic E-state index is 14.1. The standard InChI is InChI=1S/C34H43F3N4O9S/c1-3-5-10-27-30(43)41-19-25(17-28(41)29(42)39-33(18-23(33)4-2)31(44)40-51(46,47)26-11-12-26)49-20-22-14-21(15-24(16-22)50-34(35,36)37)9-7-6-8-13-48-32(45)38-27/h4,7,9,14-16,23,25-28H,2-3,5-6,8,10-13,17-20H2,1H3,(H,38,45)(H,39,42)(H,40,44)/b9-7+/t23-,25-,27+,28+,33-/m1/s1. The Morgan fingerprint density at radius 1 is 1.22 bits per heavy atom. The van der Waals surface area contributed by atoms with E-state index in [1.165, 1.54) is 23.1 Å². The van der Waals surface area contributed by atoms with Crippen LogP contribution in [0.3, 0.4) is 0 Å². The van der Waals surface area contributed by atoms with Gasteiger partial charge in [-0.15, -0.1) is 19.8 Å². The van der Waals surface area contributed by atoms with Crippen LogP contribution < -0.4 is 20.1 Å².